The van der Waals surface area contributed by atoms with Crippen LogP contribution in [0.25, 0.3) is 5.57 Å². The lowest BCUT2D eigenvalue weighted by atomic mass is 9.99. The molecule has 0 radical (unpaired) electrons. The smallest absolute Gasteiger partial charge is 0.130 e. The standard InChI is InChI=1S/C12H11FN2/c13-10-4-2-1-3-9(10)12-8(7-14)5-6-11(12)15/h1-4,11H,5-6,15H2. The van der Waals surface area contributed by atoms with Crippen LogP contribution in [0.1, 0.15) is 18.4 Å². The molecule has 76 valence electrons. The average molecular weight is 202 g/mol. The first-order valence-electron chi connectivity index (χ1n) is 4.87. The normalized spacial score (nSPS) is 20.5. The molecule has 1 unspecified atom stereocenters. The molecule has 3 heteroatoms. The molecule has 15 heavy (non-hydrogen) atoms. The second kappa shape index (κ2) is 3.84. The zero-order chi connectivity index (χ0) is 10.8. The number of benzene rings is 1. The fourth-order valence-corrected chi connectivity index (χ4v) is 1.96. The number of rotatable bonds is 1. The zero-order valence-corrected chi connectivity index (χ0v) is 8.20. The summed E-state index contributed by atoms with van der Waals surface area (Å²) in [5.41, 5.74) is 7.64. The molecule has 0 fully saturated rings. The maximum atomic E-state index is 13.5. The van der Waals surface area contributed by atoms with Crippen molar-refractivity contribution in [3.05, 3.63) is 41.2 Å². The minimum atomic E-state index is -0.308. The van der Waals surface area contributed by atoms with E-state index < -0.39 is 0 Å². The van der Waals surface area contributed by atoms with E-state index in [9.17, 15) is 4.39 Å². The predicted molar refractivity (Wildman–Crippen MR) is 56.1 cm³/mol. The topological polar surface area (TPSA) is 49.8 Å². The van der Waals surface area contributed by atoms with Crippen molar-refractivity contribution < 1.29 is 4.39 Å². The summed E-state index contributed by atoms with van der Waals surface area (Å²) in [6.45, 7) is 0. The maximum absolute atomic E-state index is 13.5. The number of hydrogen-bond acceptors (Lipinski definition) is 2. The summed E-state index contributed by atoms with van der Waals surface area (Å²) in [5, 5.41) is 8.92. The third-order valence-electron chi connectivity index (χ3n) is 2.70. The lowest BCUT2D eigenvalue weighted by molar-refractivity contribution is 0.622. The third-order valence-corrected chi connectivity index (χ3v) is 2.70. The first-order chi connectivity index (χ1) is 7.24. The van der Waals surface area contributed by atoms with Gasteiger partial charge in [-0.15, -0.1) is 0 Å². The summed E-state index contributed by atoms with van der Waals surface area (Å²) in [6, 6.07) is 8.34. The molecular formula is C12H11FN2. The van der Waals surface area contributed by atoms with E-state index in [0.717, 1.165) is 6.42 Å². The van der Waals surface area contributed by atoms with Crippen LogP contribution in [0.2, 0.25) is 0 Å². The van der Waals surface area contributed by atoms with Gasteiger partial charge in [0.2, 0.25) is 0 Å². The number of halogens is 1. The van der Waals surface area contributed by atoms with Gasteiger partial charge in [-0.2, -0.15) is 5.26 Å². The highest BCUT2D eigenvalue weighted by Gasteiger charge is 2.25. The van der Waals surface area contributed by atoms with Gasteiger partial charge in [0.1, 0.15) is 5.82 Å². The zero-order valence-electron chi connectivity index (χ0n) is 8.20. The van der Waals surface area contributed by atoms with Crippen LogP contribution in [-0.2, 0) is 0 Å². The summed E-state index contributed by atoms with van der Waals surface area (Å²) in [5.74, 6) is -0.308. The van der Waals surface area contributed by atoms with Crippen LogP contribution in [0, 0.1) is 17.1 Å². The molecule has 2 nitrogen and oxygen atoms in total. The van der Waals surface area contributed by atoms with Crippen molar-refractivity contribution in [2.24, 2.45) is 5.73 Å². The quantitative estimate of drug-likeness (QED) is 0.759. The highest BCUT2D eigenvalue weighted by atomic mass is 19.1. The van der Waals surface area contributed by atoms with Gasteiger partial charge >= 0.3 is 0 Å². The lowest BCUT2D eigenvalue weighted by Gasteiger charge is -2.10. The van der Waals surface area contributed by atoms with E-state index in [-0.39, 0.29) is 11.9 Å². The van der Waals surface area contributed by atoms with Gasteiger partial charge in [0.15, 0.2) is 0 Å². The number of nitriles is 1. The molecule has 1 aliphatic rings. The minimum absolute atomic E-state index is 0.212. The fourth-order valence-electron chi connectivity index (χ4n) is 1.96. The van der Waals surface area contributed by atoms with Crippen LogP contribution in [0.3, 0.4) is 0 Å². The number of allylic oxidation sites excluding steroid dienone is 1. The lowest BCUT2D eigenvalue weighted by Crippen LogP contribution is -2.18. The molecule has 0 aliphatic heterocycles. The Morgan fingerprint density at radius 3 is 2.80 bits per heavy atom. The predicted octanol–water partition coefficient (Wildman–Crippen LogP) is 2.22. The van der Waals surface area contributed by atoms with Gasteiger partial charge in [-0.3, -0.25) is 0 Å². The molecule has 1 aliphatic carbocycles. The summed E-state index contributed by atoms with van der Waals surface area (Å²) in [4.78, 5) is 0. The average Bonchev–Trinajstić information content (AvgIpc) is 2.60. The molecule has 0 bridgehead atoms. The van der Waals surface area contributed by atoms with Crippen LogP contribution in [0.5, 0.6) is 0 Å². The minimum Gasteiger partial charge on any atom is -0.324 e. The monoisotopic (exact) mass is 202 g/mol. The van der Waals surface area contributed by atoms with Crippen molar-refractivity contribution in [3.63, 3.8) is 0 Å². The first-order valence-corrected chi connectivity index (χ1v) is 4.87. The Morgan fingerprint density at radius 2 is 2.13 bits per heavy atom. The Kier molecular flexibility index (Phi) is 2.53. The highest BCUT2D eigenvalue weighted by molar-refractivity contribution is 5.77. The van der Waals surface area contributed by atoms with E-state index in [1.807, 2.05) is 0 Å². The molecule has 0 amide bonds. The summed E-state index contributed by atoms with van der Waals surface area (Å²) >= 11 is 0. The highest BCUT2D eigenvalue weighted by Crippen LogP contribution is 2.33. The van der Waals surface area contributed by atoms with E-state index >= 15 is 0 Å². The molecule has 2 N–H and O–H groups in total. The number of hydrogen-bond donors (Lipinski definition) is 1. The van der Waals surface area contributed by atoms with Gasteiger partial charge in [0.05, 0.1) is 6.07 Å². The Balaban J connectivity index is 2.56. The van der Waals surface area contributed by atoms with Gasteiger partial charge in [0.25, 0.3) is 0 Å². The summed E-state index contributed by atoms with van der Waals surface area (Å²) < 4.78 is 13.5. The second-order valence-electron chi connectivity index (χ2n) is 3.63. The van der Waals surface area contributed by atoms with Crippen molar-refractivity contribution in [1.29, 1.82) is 5.26 Å². The maximum Gasteiger partial charge on any atom is 0.130 e. The fraction of sp³-hybridized carbons (Fsp3) is 0.250. The van der Waals surface area contributed by atoms with Crippen LogP contribution in [0.4, 0.5) is 4.39 Å². The van der Waals surface area contributed by atoms with E-state index in [0.29, 0.717) is 23.1 Å². The van der Waals surface area contributed by atoms with Crippen LogP contribution in [0.15, 0.2) is 29.8 Å². The summed E-state index contributed by atoms with van der Waals surface area (Å²) in [6.07, 6.45) is 1.38. The molecule has 1 aromatic rings. The van der Waals surface area contributed by atoms with Crippen LogP contribution in [-0.4, -0.2) is 6.04 Å². The SMILES string of the molecule is N#CC1=C(c2ccccc2F)C(N)CC1. The first kappa shape index (κ1) is 9.88. The van der Waals surface area contributed by atoms with Crippen molar-refractivity contribution in [2.75, 3.05) is 0 Å². The molecule has 0 saturated carbocycles. The molecule has 0 heterocycles. The molecule has 0 saturated heterocycles. The number of nitrogens with two attached hydrogens (primary N) is 1. The van der Waals surface area contributed by atoms with Crippen molar-refractivity contribution in [1.82, 2.24) is 0 Å². The van der Waals surface area contributed by atoms with Crippen LogP contribution < -0.4 is 5.73 Å². The van der Waals surface area contributed by atoms with E-state index in [4.69, 9.17) is 11.0 Å². The molecule has 2 rings (SSSR count). The van der Waals surface area contributed by atoms with Crippen LogP contribution >= 0.6 is 0 Å². The van der Waals surface area contributed by atoms with Crippen molar-refractivity contribution in [2.45, 2.75) is 18.9 Å². The molecule has 1 atom stereocenters. The van der Waals surface area contributed by atoms with Gasteiger partial charge in [-0.05, 0) is 24.5 Å². The van der Waals surface area contributed by atoms with Gasteiger partial charge in [0, 0.05) is 17.2 Å². The van der Waals surface area contributed by atoms with Gasteiger partial charge < -0.3 is 5.73 Å². The Bertz CT molecular complexity index is 457. The third kappa shape index (κ3) is 1.64. The molecule has 1 aromatic carbocycles. The van der Waals surface area contributed by atoms with Crippen molar-refractivity contribution in [3.8, 4) is 6.07 Å². The second-order valence-corrected chi connectivity index (χ2v) is 3.63. The Hall–Kier alpha value is -1.66. The molecular weight excluding hydrogens is 191 g/mol. The molecule has 0 aromatic heterocycles. The van der Waals surface area contributed by atoms with E-state index in [1.165, 1.54) is 6.07 Å². The van der Waals surface area contributed by atoms with Crippen molar-refractivity contribution >= 4 is 5.57 Å². The number of nitrogens with zero attached hydrogens (tertiary/aromatic N) is 1. The van der Waals surface area contributed by atoms with Gasteiger partial charge in [-0.1, -0.05) is 18.2 Å². The largest absolute Gasteiger partial charge is 0.324 e. The Morgan fingerprint density at radius 1 is 1.40 bits per heavy atom. The van der Waals surface area contributed by atoms with E-state index in [2.05, 4.69) is 6.07 Å². The summed E-state index contributed by atoms with van der Waals surface area (Å²) in [7, 11) is 0. The van der Waals surface area contributed by atoms with E-state index in [1.54, 1.807) is 18.2 Å². The molecule has 0 spiro atoms. The van der Waals surface area contributed by atoms with Gasteiger partial charge in [-0.25, -0.2) is 4.39 Å². The Labute approximate surface area is 87.8 Å².